The number of ether oxygens (including phenoxy) is 1. The molecule has 1 aliphatic heterocycles. The molecule has 2 N–H and O–H groups in total. The van der Waals surface area contributed by atoms with Crippen LogP contribution in [0.25, 0.3) is 0 Å². The van der Waals surface area contributed by atoms with Crippen molar-refractivity contribution < 1.29 is 4.74 Å². The summed E-state index contributed by atoms with van der Waals surface area (Å²) in [4.78, 5) is 0. The summed E-state index contributed by atoms with van der Waals surface area (Å²) in [5.41, 5.74) is 13.0. The number of nitrogen functional groups attached to an aromatic ring is 1. The number of fused-ring (bicyclic) bond motifs is 2. The van der Waals surface area contributed by atoms with E-state index < -0.39 is 0 Å². The van der Waals surface area contributed by atoms with E-state index in [1.165, 1.54) is 11.1 Å². The minimum absolute atomic E-state index is 0.0121. The molecule has 0 bridgehead atoms. The van der Waals surface area contributed by atoms with E-state index >= 15 is 0 Å². The second kappa shape index (κ2) is 7.72. The van der Waals surface area contributed by atoms with Gasteiger partial charge in [0.15, 0.2) is 11.5 Å². The largest absolute Gasteiger partial charge is 0.452 e. The number of rotatable bonds is 2. The third kappa shape index (κ3) is 4.27. The van der Waals surface area contributed by atoms with E-state index in [1.54, 1.807) is 0 Å². The van der Waals surface area contributed by atoms with Gasteiger partial charge in [-0.3, -0.25) is 0 Å². The lowest BCUT2D eigenvalue weighted by molar-refractivity contribution is 0.418. The molecule has 0 amide bonds. The molecule has 0 aromatic heterocycles. The van der Waals surface area contributed by atoms with Gasteiger partial charge in [0.2, 0.25) is 0 Å². The summed E-state index contributed by atoms with van der Waals surface area (Å²) in [6.07, 6.45) is 0. The van der Waals surface area contributed by atoms with Gasteiger partial charge in [-0.15, -0.1) is 5.11 Å². The molecule has 4 heteroatoms. The maximum Gasteiger partial charge on any atom is 0.159 e. The number of nitrogens with two attached hydrogens (primary N) is 1. The summed E-state index contributed by atoms with van der Waals surface area (Å²) < 4.78 is 6.52. The number of nitrogens with zero attached hydrogens (tertiary/aromatic N) is 2. The Morgan fingerprint density at radius 1 is 0.727 bits per heavy atom. The van der Waals surface area contributed by atoms with Crippen LogP contribution in [0.4, 0.5) is 17.1 Å². The average molecular weight is 442 g/mol. The van der Waals surface area contributed by atoms with Crippen molar-refractivity contribution in [2.75, 3.05) is 5.73 Å². The third-order valence-corrected chi connectivity index (χ3v) is 6.50. The Hall–Kier alpha value is -3.14. The molecule has 33 heavy (non-hydrogen) atoms. The van der Waals surface area contributed by atoms with E-state index in [0.717, 1.165) is 34.0 Å². The first-order chi connectivity index (χ1) is 15.3. The fraction of sp³-hybridized carbons (Fsp3) is 0.379. The van der Waals surface area contributed by atoms with E-state index in [0.29, 0.717) is 5.69 Å². The molecule has 0 saturated carbocycles. The maximum absolute atomic E-state index is 6.55. The summed E-state index contributed by atoms with van der Waals surface area (Å²) in [6.45, 7) is 17.7. The normalized spacial score (nSPS) is 15.2. The quantitative estimate of drug-likeness (QED) is 0.319. The fourth-order valence-electron chi connectivity index (χ4n) is 4.21. The first-order valence-corrected chi connectivity index (χ1v) is 11.6. The van der Waals surface area contributed by atoms with Gasteiger partial charge in [0, 0.05) is 16.5 Å². The van der Waals surface area contributed by atoms with Crippen LogP contribution in [0.15, 0.2) is 64.8 Å². The SMILES string of the molecule is CC(C)(C)c1cc(N)c2c(c1)C(C)(C)c1cc(C(C)(C)C)cc(N=Nc3ccccc3)c1O2. The summed E-state index contributed by atoms with van der Waals surface area (Å²) in [5, 5.41) is 9.14. The van der Waals surface area contributed by atoms with Crippen molar-refractivity contribution in [3.05, 3.63) is 76.9 Å². The van der Waals surface area contributed by atoms with Gasteiger partial charge in [-0.1, -0.05) is 85.7 Å². The van der Waals surface area contributed by atoms with Crippen molar-refractivity contribution in [2.45, 2.75) is 71.6 Å². The van der Waals surface area contributed by atoms with Crippen LogP contribution < -0.4 is 10.5 Å². The fourth-order valence-corrected chi connectivity index (χ4v) is 4.21. The smallest absolute Gasteiger partial charge is 0.159 e. The minimum Gasteiger partial charge on any atom is -0.452 e. The van der Waals surface area contributed by atoms with Crippen molar-refractivity contribution in [3.63, 3.8) is 0 Å². The van der Waals surface area contributed by atoms with Crippen molar-refractivity contribution in [3.8, 4) is 11.5 Å². The molecule has 1 heterocycles. The van der Waals surface area contributed by atoms with E-state index in [1.807, 2.05) is 36.4 Å². The van der Waals surface area contributed by atoms with E-state index in [9.17, 15) is 0 Å². The molecule has 0 radical (unpaired) electrons. The predicted octanol–water partition coefficient (Wildman–Crippen LogP) is 8.71. The second-order valence-corrected chi connectivity index (χ2v) is 11.6. The van der Waals surface area contributed by atoms with Gasteiger partial charge in [0.1, 0.15) is 5.69 Å². The maximum atomic E-state index is 6.55. The molecule has 3 aromatic rings. The van der Waals surface area contributed by atoms with Crippen molar-refractivity contribution in [2.24, 2.45) is 10.2 Å². The summed E-state index contributed by atoms with van der Waals surface area (Å²) in [6, 6.07) is 18.4. The third-order valence-electron chi connectivity index (χ3n) is 6.50. The molecule has 4 nitrogen and oxygen atoms in total. The van der Waals surface area contributed by atoms with E-state index in [-0.39, 0.29) is 16.2 Å². The molecule has 0 saturated heterocycles. The molecular weight excluding hydrogens is 406 g/mol. The summed E-state index contributed by atoms with van der Waals surface area (Å²) in [5.74, 6) is 1.45. The van der Waals surface area contributed by atoms with Crippen molar-refractivity contribution in [1.82, 2.24) is 0 Å². The highest BCUT2D eigenvalue weighted by Gasteiger charge is 2.39. The van der Waals surface area contributed by atoms with E-state index in [2.05, 4.69) is 83.8 Å². The van der Waals surface area contributed by atoms with Gasteiger partial charge >= 0.3 is 0 Å². The average Bonchev–Trinajstić information content (AvgIpc) is 2.72. The first-order valence-electron chi connectivity index (χ1n) is 11.6. The molecular formula is C29H35N3O. The highest BCUT2D eigenvalue weighted by Crippen LogP contribution is 2.55. The van der Waals surface area contributed by atoms with Crippen LogP contribution in [-0.4, -0.2) is 0 Å². The van der Waals surface area contributed by atoms with Crippen molar-refractivity contribution in [1.29, 1.82) is 0 Å². The second-order valence-electron chi connectivity index (χ2n) is 11.6. The molecule has 0 atom stereocenters. The Balaban J connectivity index is 1.95. The highest BCUT2D eigenvalue weighted by atomic mass is 16.5. The van der Waals surface area contributed by atoms with Gasteiger partial charge in [0.05, 0.1) is 11.4 Å². The summed E-state index contributed by atoms with van der Waals surface area (Å²) >= 11 is 0. The Labute approximate surface area is 197 Å². The number of anilines is 1. The van der Waals surface area contributed by atoms with Crippen LogP contribution in [-0.2, 0) is 16.2 Å². The molecule has 0 fully saturated rings. The Morgan fingerprint density at radius 2 is 1.27 bits per heavy atom. The lowest BCUT2D eigenvalue weighted by Crippen LogP contribution is -2.27. The molecule has 1 aliphatic rings. The van der Waals surface area contributed by atoms with Crippen molar-refractivity contribution >= 4 is 17.1 Å². The molecule has 0 unspecified atom stereocenters. The topological polar surface area (TPSA) is 60.0 Å². The van der Waals surface area contributed by atoms with Gasteiger partial charge in [-0.05, 0) is 46.2 Å². The zero-order valence-corrected chi connectivity index (χ0v) is 21.1. The first kappa shape index (κ1) is 23.0. The van der Waals surface area contributed by atoms with Crippen LogP contribution in [0.2, 0.25) is 0 Å². The zero-order valence-electron chi connectivity index (χ0n) is 21.1. The molecule has 4 rings (SSSR count). The molecule has 0 spiro atoms. The molecule has 3 aromatic carbocycles. The van der Waals surface area contributed by atoms with Crippen LogP contribution in [0.1, 0.15) is 77.6 Å². The number of hydrogen-bond acceptors (Lipinski definition) is 4. The van der Waals surface area contributed by atoms with Gasteiger partial charge in [-0.2, -0.15) is 5.11 Å². The van der Waals surface area contributed by atoms with Crippen LogP contribution in [0, 0.1) is 0 Å². The minimum atomic E-state index is -0.309. The monoisotopic (exact) mass is 441 g/mol. The van der Waals surface area contributed by atoms with Crippen LogP contribution >= 0.6 is 0 Å². The zero-order chi connectivity index (χ0) is 24.2. The number of benzene rings is 3. The van der Waals surface area contributed by atoms with Crippen LogP contribution in [0.3, 0.4) is 0 Å². The van der Waals surface area contributed by atoms with E-state index in [4.69, 9.17) is 10.5 Å². The standard InChI is InChI=1S/C29H35N3O/c1-27(2,3)18-14-21-25(23(30)16-18)33-26-22(29(21,7)8)15-19(28(4,5)6)17-24(26)32-31-20-12-10-9-11-13-20/h9-17H,30H2,1-8H3. The van der Waals surface area contributed by atoms with Crippen LogP contribution in [0.5, 0.6) is 11.5 Å². The van der Waals surface area contributed by atoms with Gasteiger partial charge < -0.3 is 10.5 Å². The number of hydrogen-bond donors (Lipinski definition) is 1. The Kier molecular flexibility index (Phi) is 5.39. The highest BCUT2D eigenvalue weighted by molar-refractivity contribution is 5.73. The lowest BCUT2D eigenvalue weighted by Gasteiger charge is -2.38. The summed E-state index contributed by atoms with van der Waals surface area (Å²) in [7, 11) is 0. The molecule has 0 aliphatic carbocycles. The van der Waals surface area contributed by atoms with Gasteiger partial charge in [0.25, 0.3) is 0 Å². The Bertz CT molecular complexity index is 1230. The lowest BCUT2D eigenvalue weighted by atomic mass is 9.71. The number of azo groups is 1. The molecule has 172 valence electrons. The Morgan fingerprint density at radius 3 is 1.85 bits per heavy atom. The predicted molar refractivity (Wildman–Crippen MR) is 138 cm³/mol. The van der Waals surface area contributed by atoms with Gasteiger partial charge in [-0.25, -0.2) is 0 Å².